The van der Waals surface area contributed by atoms with Crippen LogP contribution in [0.5, 0.6) is 5.75 Å². The fourth-order valence-corrected chi connectivity index (χ4v) is 6.59. The second-order valence-corrected chi connectivity index (χ2v) is 10.2. The smallest absolute Gasteiger partial charge is 0.251 e. The topological polar surface area (TPSA) is 75.7 Å². The molecule has 3 rings (SSSR count). The molecule has 0 atom stereocenters. The van der Waals surface area contributed by atoms with E-state index in [-0.39, 0.29) is 30.3 Å². The molecule has 0 heterocycles. The summed E-state index contributed by atoms with van der Waals surface area (Å²) in [5, 5.41) is 2.77. The van der Waals surface area contributed by atoms with E-state index in [0.29, 0.717) is 11.3 Å². The molecular formula is C22H34N2O4S. The highest BCUT2D eigenvalue weighted by Gasteiger charge is 2.36. The van der Waals surface area contributed by atoms with E-state index < -0.39 is 10.0 Å². The summed E-state index contributed by atoms with van der Waals surface area (Å²) in [6.07, 6.45) is 10.7. The molecule has 1 aromatic rings. The van der Waals surface area contributed by atoms with Gasteiger partial charge in [-0.3, -0.25) is 4.79 Å². The first-order valence-electron chi connectivity index (χ1n) is 10.9. The van der Waals surface area contributed by atoms with Crippen molar-refractivity contribution < 1.29 is 17.9 Å². The van der Waals surface area contributed by atoms with Crippen molar-refractivity contribution in [2.24, 2.45) is 0 Å². The number of sulfonamides is 1. The van der Waals surface area contributed by atoms with Gasteiger partial charge >= 0.3 is 0 Å². The standard InChI is InChI=1S/C22H34N2O4S/c1-28-21-14-8-9-18(17-21)22(25)23-15-16-29(26,27)24(19-10-4-2-5-11-19)20-12-6-3-7-13-20/h8-9,14,17,19-20H,2-7,10-13,15-16H2,1H3,(H,23,25). The van der Waals surface area contributed by atoms with Crippen LogP contribution in [0, 0.1) is 0 Å². The van der Waals surface area contributed by atoms with E-state index in [0.717, 1.165) is 51.4 Å². The molecule has 2 aliphatic rings. The Balaban J connectivity index is 1.63. The van der Waals surface area contributed by atoms with Crippen molar-refractivity contribution in [2.75, 3.05) is 19.4 Å². The summed E-state index contributed by atoms with van der Waals surface area (Å²) < 4.78 is 33.6. The van der Waals surface area contributed by atoms with Crippen molar-refractivity contribution in [2.45, 2.75) is 76.3 Å². The van der Waals surface area contributed by atoms with E-state index in [1.807, 2.05) is 4.31 Å². The first-order chi connectivity index (χ1) is 14.0. The Kier molecular flexibility index (Phi) is 7.95. The summed E-state index contributed by atoms with van der Waals surface area (Å²) in [7, 11) is -1.87. The molecule has 7 heteroatoms. The minimum atomic E-state index is -3.42. The molecule has 1 aromatic carbocycles. The molecule has 0 bridgehead atoms. The number of nitrogens with one attached hydrogen (secondary N) is 1. The van der Waals surface area contributed by atoms with Crippen molar-refractivity contribution in [3.05, 3.63) is 29.8 Å². The fraction of sp³-hybridized carbons (Fsp3) is 0.682. The van der Waals surface area contributed by atoms with Gasteiger partial charge in [-0.05, 0) is 43.9 Å². The van der Waals surface area contributed by atoms with Gasteiger partial charge in [-0.2, -0.15) is 4.31 Å². The lowest BCUT2D eigenvalue weighted by Gasteiger charge is -2.40. The zero-order valence-electron chi connectivity index (χ0n) is 17.4. The molecular weight excluding hydrogens is 388 g/mol. The summed E-state index contributed by atoms with van der Waals surface area (Å²) in [6.45, 7) is 0.119. The number of methoxy groups -OCH3 is 1. The monoisotopic (exact) mass is 422 g/mol. The third kappa shape index (κ3) is 5.95. The van der Waals surface area contributed by atoms with E-state index in [9.17, 15) is 13.2 Å². The third-order valence-electron chi connectivity index (χ3n) is 6.17. The molecule has 6 nitrogen and oxygen atoms in total. The van der Waals surface area contributed by atoms with Gasteiger partial charge < -0.3 is 10.1 Å². The minimum absolute atomic E-state index is 0.0459. The van der Waals surface area contributed by atoms with Gasteiger partial charge in [-0.25, -0.2) is 8.42 Å². The molecule has 2 fully saturated rings. The second-order valence-electron chi connectivity index (χ2n) is 8.22. The second kappa shape index (κ2) is 10.4. The van der Waals surface area contributed by atoms with Crippen molar-refractivity contribution >= 4 is 15.9 Å². The maximum atomic E-state index is 13.3. The first kappa shape index (κ1) is 22.1. The van der Waals surface area contributed by atoms with Crippen molar-refractivity contribution in [1.82, 2.24) is 9.62 Å². The number of carbonyl (C=O) groups is 1. The molecule has 0 aliphatic heterocycles. The van der Waals surface area contributed by atoms with E-state index in [1.54, 1.807) is 31.4 Å². The van der Waals surface area contributed by atoms with Crippen LogP contribution in [0.1, 0.15) is 74.6 Å². The third-order valence-corrected chi connectivity index (χ3v) is 8.13. The highest BCUT2D eigenvalue weighted by atomic mass is 32.2. The Morgan fingerprint density at radius 3 is 2.17 bits per heavy atom. The average molecular weight is 423 g/mol. The SMILES string of the molecule is COc1cccc(C(=O)NCCS(=O)(=O)N(C2CCCCC2)C2CCCCC2)c1. The largest absolute Gasteiger partial charge is 0.497 e. The summed E-state index contributed by atoms with van der Waals surface area (Å²) >= 11 is 0. The number of hydrogen-bond donors (Lipinski definition) is 1. The molecule has 0 radical (unpaired) electrons. The van der Waals surface area contributed by atoms with Gasteiger partial charge in [0.25, 0.3) is 5.91 Å². The lowest BCUT2D eigenvalue weighted by Crippen LogP contribution is -2.50. The van der Waals surface area contributed by atoms with Gasteiger partial charge in [0.15, 0.2) is 0 Å². The number of benzene rings is 1. The van der Waals surface area contributed by atoms with Crippen LogP contribution in [0.3, 0.4) is 0 Å². The number of carbonyl (C=O) groups excluding carboxylic acids is 1. The van der Waals surface area contributed by atoms with Gasteiger partial charge in [-0.1, -0.05) is 44.6 Å². The van der Waals surface area contributed by atoms with Gasteiger partial charge in [0.05, 0.1) is 12.9 Å². The summed E-state index contributed by atoms with van der Waals surface area (Å²) in [5.74, 6) is 0.280. The summed E-state index contributed by atoms with van der Waals surface area (Å²) in [4.78, 5) is 12.4. The maximum absolute atomic E-state index is 13.3. The number of ether oxygens (including phenoxy) is 1. The van der Waals surface area contributed by atoms with Crippen LogP contribution in [-0.4, -0.2) is 50.1 Å². The Labute approximate surface area is 175 Å². The summed E-state index contributed by atoms with van der Waals surface area (Å²) in [6, 6.07) is 7.13. The van der Waals surface area contributed by atoms with E-state index in [2.05, 4.69) is 5.32 Å². The molecule has 162 valence electrons. The predicted molar refractivity (Wildman–Crippen MR) is 115 cm³/mol. The Morgan fingerprint density at radius 2 is 1.62 bits per heavy atom. The molecule has 1 amide bonds. The number of amides is 1. The quantitative estimate of drug-likeness (QED) is 0.693. The number of hydrogen-bond acceptors (Lipinski definition) is 4. The summed E-state index contributed by atoms with van der Waals surface area (Å²) in [5.41, 5.74) is 0.471. The van der Waals surface area contributed by atoms with Crippen LogP contribution in [0.15, 0.2) is 24.3 Å². The van der Waals surface area contributed by atoms with Crippen LogP contribution >= 0.6 is 0 Å². The zero-order valence-corrected chi connectivity index (χ0v) is 18.3. The Hall–Kier alpha value is -1.60. The van der Waals surface area contributed by atoms with Gasteiger partial charge in [0.2, 0.25) is 10.0 Å². The Morgan fingerprint density at radius 1 is 1.03 bits per heavy atom. The van der Waals surface area contributed by atoms with E-state index >= 15 is 0 Å². The molecule has 29 heavy (non-hydrogen) atoms. The number of nitrogens with zero attached hydrogens (tertiary/aromatic N) is 1. The average Bonchev–Trinajstić information content (AvgIpc) is 2.75. The predicted octanol–water partition coefficient (Wildman–Crippen LogP) is 3.72. The molecule has 0 unspecified atom stereocenters. The molecule has 0 spiro atoms. The maximum Gasteiger partial charge on any atom is 0.251 e. The zero-order chi connectivity index (χ0) is 20.7. The Bertz CT molecular complexity index is 751. The van der Waals surface area contributed by atoms with Crippen molar-refractivity contribution in [1.29, 1.82) is 0 Å². The lowest BCUT2D eigenvalue weighted by atomic mass is 9.91. The molecule has 0 saturated heterocycles. The van der Waals surface area contributed by atoms with Crippen LogP contribution in [0.4, 0.5) is 0 Å². The molecule has 2 saturated carbocycles. The van der Waals surface area contributed by atoms with Crippen molar-refractivity contribution in [3.8, 4) is 5.75 Å². The van der Waals surface area contributed by atoms with Crippen LogP contribution in [0.25, 0.3) is 0 Å². The lowest BCUT2D eigenvalue weighted by molar-refractivity contribution is 0.0955. The fourth-order valence-electron chi connectivity index (χ4n) is 4.69. The van der Waals surface area contributed by atoms with Crippen LogP contribution < -0.4 is 10.1 Å². The molecule has 1 N–H and O–H groups in total. The normalized spacial score (nSPS) is 19.2. The van der Waals surface area contributed by atoms with Crippen LogP contribution in [0.2, 0.25) is 0 Å². The van der Waals surface area contributed by atoms with Gasteiger partial charge in [0.1, 0.15) is 5.75 Å². The van der Waals surface area contributed by atoms with Gasteiger partial charge in [0, 0.05) is 24.2 Å². The van der Waals surface area contributed by atoms with E-state index in [1.165, 1.54) is 12.8 Å². The van der Waals surface area contributed by atoms with Crippen LogP contribution in [-0.2, 0) is 10.0 Å². The highest BCUT2D eigenvalue weighted by molar-refractivity contribution is 7.89. The molecule has 2 aliphatic carbocycles. The van der Waals surface area contributed by atoms with Crippen molar-refractivity contribution in [3.63, 3.8) is 0 Å². The van der Waals surface area contributed by atoms with Gasteiger partial charge in [-0.15, -0.1) is 0 Å². The highest BCUT2D eigenvalue weighted by Crippen LogP contribution is 2.32. The number of rotatable bonds is 8. The first-order valence-corrected chi connectivity index (χ1v) is 12.6. The minimum Gasteiger partial charge on any atom is -0.497 e. The van der Waals surface area contributed by atoms with E-state index in [4.69, 9.17) is 4.74 Å². The molecule has 0 aromatic heterocycles.